The van der Waals surface area contributed by atoms with Crippen LogP contribution in [0.25, 0.3) is 88.7 Å². The van der Waals surface area contributed by atoms with Crippen LogP contribution in [0.2, 0.25) is 0 Å². The van der Waals surface area contributed by atoms with Crippen molar-refractivity contribution in [3.63, 3.8) is 0 Å². The summed E-state index contributed by atoms with van der Waals surface area (Å²) in [6, 6.07) is 82.8. The van der Waals surface area contributed by atoms with Crippen molar-refractivity contribution in [2.45, 2.75) is 71.6 Å². The van der Waals surface area contributed by atoms with E-state index < -0.39 is 0 Å². The lowest BCUT2D eigenvalue weighted by Crippen LogP contribution is -2.16. The van der Waals surface area contributed by atoms with Gasteiger partial charge in [0.1, 0.15) is 11.2 Å². The Kier molecular flexibility index (Phi) is 11.0. The first kappa shape index (κ1) is 45.9. The summed E-state index contributed by atoms with van der Waals surface area (Å²) in [4.78, 5) is 2.43. The highest BCUT2D eigenvalue weighted by atomic mass is 16.3. The van der Waals surface area contributed by atoms with E-state index >= 15 is 0 Å². The van der Waals surface area contributed by atoms with E-state index in [1.54, 1.807) is 0 Å². The number of hydrogen-bond acceptors (Lipinski definition) is 2. The molecule has 0 saturated heterocycles. The summed E-state index contributed by atoms with van der Waals surface area (Å²) in [5.41, 5.74) is 24.4. The summed E-state index contributed by atoms with van der Waals surface area (Å²) < 4.78 is 7.09. The van der Waals surface area contributed by atoms with Crippen LogP contribution in [0.15, 0.2) is 229 Å². The highest BCUT2D eigenvalue weighted by Crippen LogP contribution is 2.52. The van der Waals surface area contributed by atoms with Gasteiger partial charge in [0.05, 0.1) is 0 Å². The summed E-state index contributed by atoms with van der Waals surface area (Å²) in [6.45, 7) is 18.6. The summed E-state index contributed by atoms with van der Waals surface area (Å²) in [5.74, 6) is 0. The van der Waals surface area contributed by atoms with Gasteiger partial charge in [-0.1, -0.05) is 225 Å². The Hall–Kier alpha value is -8.20. The first-order valence-electron chi connectivity index (χ1n) is 25.8. The van der Waals surface area contributed by atoms with Crippen LogP contribution in [-0.4, -0.2) is 0 Å². The Labute approximate surface area is 431 Å². The van der Waals surface area contributed by atoms with Crippen molar-refractivity contribution in [3.05, 3.63) is 247 Å². The molecule has 0 N–H and O–H groups in total. The van der Waals surface area contributed by atoms with Crippen molar-refractivity contribution in [3.8, 4) is 66.8 Å². The second-order valence-electron chi connectivity index (χ2n) is 22.6. The Morgan fingerprint density at radius 1 is 0.342 bits per heavy atom. The van der Waals surface area contributed by atoms with Gasteiger partial charge < -0.3 is 9.32 Å². The summed E-state index contributed by atoms with van der Waals surface area (Å²) in [7, 11) is 0. The fourth-order valence-electron chi connectivity index (χ4n) is 11.3. The summed E-state index contributed by atoms with van der Waals surface area (Å²) in [5, 5.41) is 2.25. The zero-order valence-electron chi connectivity index (χ0n) is 43.2. The molecular formula is C71H61NO. The van der Waals surface area contributed by atoms with E-state index in [2.05, 4.69) is 285 Å². The molecule has 356 valence electrons. The lowest BCUT2D eigenvalue weighted by molar-refractivity contribution is 0.569. The largest absolute Gasteiger partial charge is 0.455 e. The van der Waals surface area contributed by atoms with E-state index in [1.807, 2.05) is 0 Å². The van der Waals surface area contributed by atoms with Gasteiger partial charge in [-0.05, 0) is 149 Å². The SMILES string of the molecule is CC(C)(C)c1cc(-c2ccc(-c3ccc(-c4ccccc4)cc3-c3cccc(N(c4ccc(-c5ccccc5)cc4)c4ccc5c(c4)C(C)(C)c4ccccc4-5)c3)c3oc4ccccc4c23)cc(C(C)(C)C)c1. The molecule has 12 rings (SSSR count). The first-order chi connectivity index (χ1) is 35.2. The lowest BCUT2D eigenvalue weighted by Gasteiger charge is -2.29. The van der Waals surface area contributed by atoms with Gasteiger partial charge in [0, 0.05) is 38.8 Å². The van der Waals surface area contributed by atoms with Gasteiger partial charge in [-0.25, -0.2) is 0 Å². The van der Waals surface area contributed by atoms with Gasteiger partial charge in [0.15, 0.2) is 0 Å². The van der Waals surface area contributed by atoms with Gasteiger partial charge >= 0.3 is 0 Å². The van der Waals surface area contributed by atoms with Crippen molar-refractivity contribution in [1.82, 2.24) is 0 Å². The van der Waals surface area contributed by atoms with E-state index in [0.717, 1.165) is 66.8 Å². The van der Waals surface area contributed by atoms with Gasteiger partial charge in [-0.2, -0.15) is 0 Å². The fourth-order valence-corrected chi connectivity index (χ4v) is 11.3. The van der Waals surface area contributed by atoms with Crippen LogP contribution in [0.3, 0.4) is 0 Å². The van der Waals surface area contributed by atoms with E-state index in [4.69, 9.17) is 4.42 Å². The quantitative estimate of drug-likeness (QED) is 0.151. The molecule has 10 aromatic carbocycles. The maximum absolute atomic E-state index is 7.09. The first-order valence-corrected chi connectivity index (χ1v) is 25.8. The van der Waals surface area contributed by atoms with Crippen molar-refractivity contribution in [1.29, 1.82) is 0 Å². The highest BCUT2D eigenvalue weighted by Gasteiger charge is 2.36. The monoisotopic (exact) mass is 943 g/mol. The maximum Gasteiger partial charge on any atom is 0.143 e. The highest BCUT2D eigenvalue weighted by molar-refractivity contribution is 6.17. The molecule has 0 unspecified atom stereocenters. The molecular weight excluding hydrogens is 883 g/mol. The molecule has 0 aliphatic heterocycles. The number of anilines is 3. The van der Waals surface area contributed by atoms with E-state index in [1.165, 1.54) is 61.2 Å². The normalized spacial score (nSPS) is 13.0. The van der Waals surface area contributed by atoms with E-state index in [-0.39, 0.29) is 16.2 Å². The zero-order chi connectivity index (χ0) is 50.2. The predicted molar refractivity (Wildman–Crippen MR) is 311 cm³/mol. The van der Waals surface area contributed by atoms with Crippen molar-refractivity contribution >= 4 is 39.0 Å². The second kappa shape index (κ2) is 17.5. The molecule has 0 fully saturated rings. The van der Waals surface area contributed by atoms with Crippen LogP contribution in [0, 0.1) is 0 Å². The maximum atomic E-state index is 7.09. The molecule has 1 aliphatic rings. The molecule has 11 aromatic rings. The standard InChI is InChI=1S/C71H61NO/c1-69(2,3)52-40-51(41-53(44-52)70(4,5)6)57-38-39-61(68-67(57)62-27-16-18-29-66(62)73-68)58-36-32-49(47-22-13-10-14-23-47)43-63(58)50-24-19-25-55(42-50)72(54-33-30-48(31-34-54)46-20-11-9-12-21-46)56-35-37-60-59-26-15-17-28-64(59)71(7,8)65(60)45-56/h9-45H,1-8H3. The van der Waals surface area contributed by atoms with Crippen molar-refractivity contribution in [2.24, 2.45) is 0 Å². The van der Waals surface area contributed by atoms with Crippen LogP contribution in [0.5, 0.6) is 0 Å². The van der Waals surface area contributed by atoms with Gasteiger partial charge in [-0.15, -0.1) is 0 Å². The molecule has 73 heavy (non-hydrogen) atoms. The minimum absolute atomic E-state index is 0.0261. The van der Waals surface area contributed by atoms with Crippen molar-refractivity contribution in [2.75, 3.05) is 4.90 Å². The molecule has 1 heterocycles. The molecule has 0 atom stereocenters. The predicted octanol–water partition coefficient (Wildman–Crippen LogP) is 20.3. The number of rotatable bonds is 8. The Morgan fingerprint density at radius 2 is 0.877 bits per heavy atom. The number of para-hydroxylation sites is 1. The van der Waals surface area contributed by atoms with Gasteiger partial charge in [0.2, 0.25) is 0 Å². The van der Waals surface area contributed by atoms with E-state index in [9.17, 15) is 0 Å². The smallest absolute Gasteiger partial charge is 0.143 e. The van der Waals surface area contributed by atoms with Crippen LogP contribution >= 0.6 is 0 Å². The Balaban J connectivity index is 1.06. The minimum Gasteiger partial charge on any atom is -0.455 e. The minimum atomic E-state index is -0.152. The lowest BCUT2D eigenvalue weighted by atomic mass is 9.78. The number of fused-ring (bicyclic) bond motifs is 6. The van der Waals surface area contributed by atoms with Crippen LogP contribution in [0.4, 0.5) is 17.1 Å². The van der Waals surface area contributed by atoms with E-state index in [0.29, 0.717) is 0 Å². The second-order valence-corrected chi connectivity index (χ2v) is 22.6. The third-order valence-corrected chi connectivity index (χ3v) is 15.4. The van der Waals surface area contributed by atoms with Gasteiger partial charge in [0.25, 0.3) is 0 Å². The average Bonchev–Trinajstić information content (AvgIpc) is 3.91. The number of nitrogens with zero attached hydrogens (tertiary/aromatic N) is 1. The van der Waals surface area contributed by atoms with Crippen molar-refractivity contribution < 1.29 is 4.42 Å². The number of benzene rings is 10. The molecule has 2 nitrogen and oxygen atoms in total. The Morgan fingerprint density at radius 3 is 1.59 bits per heavy atom. The summed E-state index contributed by atoms with van der Waals surface area (Å²) >= 11 is 0. The summed E-state index contributed by atoms with van der Waals surface area (Å²) in [6.07, 6.45) is 0. The molecule has 1 aromatic heterocycles. The third kappa shape index (κ3) is 8.16. The molecule has 1 aliphatic carbocycles. The van der Waals surface area contributed by atoms with Crippen LogP contribution in [-0.2, 0) is 16.2 Å². The molecule has 0 saturated carbocycles. The van der Waals surface area contributed by atoms with Crippen LogP contribution < -0.4 is 4.90 Å². The Bertz CT molecular complexity index is 3850. The molecule has 0 bridgehead atoms. The average molecular weight is 944 g/mol. The molecule has 0 radical (unpaired) electrons. The zero-order valence-corrected chi connectivity index (χ0v) is 43.2. The third-order valence-electron chi connectivity index (χ3n) is 15.4. The number of furan rings is 1. The van der Waals surface area contributed by atoms with Gasteiger partial charge in [-0.3, -0.25) is 0 Å². The number of hydrogen-bond donors (Lipinski definition) is 0. The molecule has 2 heteroatoms. The van der Waals surface area contributed by atoms with Crippen LogP contribution in [0.1, 0.15) is 77.6 Å². The topological polar surface area (TPSA) is 16.4 Å². The molecule has 0 spiro atoms. The molecule has 0 amide bonds. The fraction of sp³-hybridized carbons (Fsp3) is 0.155.